The summed E-state index contributed by atoms with van der Waals surface area (Å²) in [6.07, 6.45) is 1.55. The molecular weight excluding hydrogens is 228 g/mol. The smallest absolute Gasteiger partial charge is 0.228 e. The third kappa shape index (κ3) is 2.81. The first-order chi connectivity index (χ1) is 8.83. The molecule has 18 heavy (non-hydrogen) atoms. The molecule has 0 radical (unpaired) electrons. The van der Waals surface area contributed by atoms with Crippen LogP contribution >= 0.6 is 0 Å². The number of ether oxygens (including phenoxy) is 1. The Morgan fingerprint density at radius 1 is 1.33 bits per heavy atom. The first kappa shape index (κ1) is 12.0. The van der Waals surface area contributed by atoms with Crippen LogP contribution in [0.3, 0.4) is 0 Å². The van der Waals surface area contributed by atoms with Crippen LogP contribution in [0.25, 0.3) is 0 Å². The van der Waals surface area contributed by atoms with Gasteiger partial charge in [0, 0.05) is 24.6 Å². The van der Waals surface area contributed by atoms with E-state index in [0.29, 0.717) is 18.2 Å². The fraction of sp³-hybridized carbons (Fsp3) is 0.154. The van der Waals surface area contributed by atoms with Gasteiger partial charge in [-0.25, -0.2) is 9.97 Å². The number of aromatic nitrogens is 2. The minimum absolute atomic E-state index is 0.330. The number of para-hydroxylation sites is 1. The van der Waals surface area contributed by atoms with E-state index in [-0.39, 0.29) is 0 Å². The van der Waals surface area contributed by atoms with Gasteiger partial charge < -0.3 is 10.1 Å². The lowest BCUT2D eigenvalue weighted by Crippen LogP contribution is -2.01. The van der Waals surface area contributed by atoms with Crippen molar-refractivity contribution < 1.29 is 4.74 Å². The van der Waals surface area contributed by atoms with Crippen molar-refractivity contribution in [2.75, 3.05) is 12.4 Å². The van der Waals surface area contributed by atoms with Gasteiger partial charge >= 0.3 is 0 Å². The van der Waals surface area contributed by atoms with E-state index in [1.165, 1.54) is 0 Å². The Labute approximate surface area is 105 Å². The van der Waals surface area contributed by atoms with Crippen LogP contribution in [0.4, 0.5) is 11.6 Å². The Kier molecular flexibility index (Phi) is 3.84. The number of nitrogens with one attached hydrogen (secondary N) is 1. The lowest BCUT2D eigenvalue weighted by atomic mass is 10.2. The highest BCUT2D eigenvalue weighted by Gasteiger charge is 2.04. The maximum atomic E-state index is 8.78. The molecule has 0 aliphatic rings. The monoisotopic (exact) mass is 240 g/mol. The predicted octanol–water partition coefficient (Wildman–Crippen LogP) is 2.24. The summed E-state index contributed by atoms with van der Waals surface area (Å²) in [6, 6.07) is 11.3. The summed E-state index contributed by atoms with van der Waals surface area (Å²) >= 11 is 0. The quantitative estimate of drug-likeness (QED) is 0.887. The summed E-state index contributed by atoms with van der Waals surface area (Å²) in [5, 5.41) is 11.9. The van der Waals surface area contributed by atoms with Crippen molar-refractivity contribution in [1.82, 2.24) is 9.97 Å². The fourth-order valence-electron chi connectivity index (χ4n) is 1.53. The van der Waals surface area contributed by atoms with Gasteiger partial charge in [-0.05, 0) is 12.1 Å². The molecule has 0 aliphatic heterocycles. The van der Waals surface area contributed by atoms with Crippen molar-refractivity contribution in [3.8, 4) is 6.07 Å². The van der Waals surface area contributed by atoms with Crippen LogP contribution in [0.1, 0.15) is 11.3 Å². The number of methoxy groups -OCH3 is 1. The fourth-order valence-corrected chi connectivity index (χ4v) is 1.53. The number of nitrogens with zero attached hydrogens (tertiary/aromatic N) is 3. The molecule has 0 saturated heterocycles. The zero-order chi connectivity index (χ0) is 12.8. The van der Waals surface area contributed by atoms with Gasteiger partial charge in [-0.1, -0.05) is 18.2 Å². The minimum Gasteiger partial charge on any atom is -0.380 e. The molecule has 90 valence electrons. The molecule has 0 bridgehead atoms. The van der Waals surface area contributed by atoms with Gasteiger partial charge in [-0.15, -0.1) is 0 Å². The van der Waals surface area contributed by atoms with Crippen LogP contribution in [-0.4, -0.2) is 17.1 Å². The number of anilines is 2. The van der Waals surface area contributed by atoms with Gasteiger partial charge in [0.25, 0.3) is 0 Å². The van der Waals surface area contributed by atoms with Gasteiger partial charge in [0.1, 0.15) is 11.8 Å². The highest BCUT2D eigenvalue weighted by atomic mass is 16.5. The van der Waals surface area contributed by atoms with Gasteiger partial charge in [0.2, 0.25) is 5.95 Å². The zero-order valence-electron chi connectivity index (χ0n) is 9.92. The predicted molar refractivity (Wildman–Crippen MR) is 67.2 cm³/mol. The third-order valence-electron chi connectivity index (χ3n) is 2.33. The van der Waals surface area contributed by atoms with E-state index in [9.17, 15) is 0 Å². The molecule has 0 aliphatic carbocycles. The van der Waals surface area contributed by atoms with E-state index < -0.39 is 0 Å². The second-order valence-electron chi connectivity index (χ2n) is 3.59. The Bertz CT molecular complexity index is 577. The maximum absolute atomic E-state index is 8.78. The number of nitriles is 1. The second kappa shape index (κ2) is 5.75. The molecule has 0 saturated carbocycles. The second-order valence-corrected chi connectivity index (χ2v) is 3.59. The number of hydrogen-bond acceptors (Lipinski definition) is 5. The van der Waals surface area contributed by atoms with E-state index in [1.54, 1.807) is 19.4 Å². The van der Waals surface area contributed by atoms with Crippen LogP contribution < -0.4 is 5.32 Å². The van der Waals surface area contributed by atoms with Crippen molar-refractivity contribution >= 4 is 11.6 Å². The molecule has 0 atom stereocenters. The van der Waals surface area contributed by atoms with E-state index in [0.717, 1.165) is 11.3 Å². The first-order valence-electron chi connectivity index (χ1n) is 5.40. The van der Waals surface area contributed by atoms with Gasteiger partial charge in [-0.3, -0.25) is 0 Å². The Morgan fingerprint density at radius 2 is 2.17 bits per heavy atom. The molecule has 1 aromatic heterocycles. The molecule has 0 spiro atoms. The largest absolute Gasteiger partial charge is 0.380 e. The molecule has 1 N–H and O–H groups in total. The summed E-state index contributed by atoms with van der Waals surface area (Å²) in [5.74, 6) is 0.401. The number of hydrogen-bond donors (Lipinski definition) is 1. The number of benzene rings is 1. The minimum atomic E-state index is 0.330. The van der Waals surface area contributed by atoms with E-state index in [1.807, 2.05) is 30.3 Å². The van der Waals surface area contributed by atoms with Crippen molar-refractivity contribution in [2.24, 2.45) is 0 Å². The van der Waals surface area contributed by atoms with Crippen molar-refractivity contribution in [3.05, 3.63) is 47.8 Å². The van der Waals surface area contributed by atoms with Crippen LogP contribution in [0.2, 0.25) is 0 Å². The molecule has 0 unspecified atom stereocenters. The summed E-state index contributed by atoms with van der Waals surface area (Å²) in [7, 11) is 1.64. The Morgan fingerprint density at radius 3 is 2.94 bits per heavy atom. The zero-order valence-corrected chi connectivity index (χ0v) is 9.92. The molecule has 0 fully saturated rings. The van der Waals surface area contributed by atoms with Crippen molar-refractivity contribution in [2.45, 2.75) is 6.61 Å². The molecular formula is C13H12N4O. The molecule has 2 aromatic rings. The average Bonchev–Trinajstić information content (AvgIpc) is 2.41. The topological polar surface area (TPSA) is 70.8 Å². The van der Waals surface area contributed by atoms with Crippen molar-refractivity contribution in [3.63, 3.8) is 0 Å². The molecule has 1 aromatic carbocycles. The van der Waals surface area contributed by atoms with E-state index in [4.69, 9.17) is 10.00 Å². The van der Waals surface area contributed by atoms with Crippen LogP contribution in [0, 0.1) is 11.3 Å². The lowest BCUT2D eigenvalue weighted by molar-refractivity contribution is 0.185. The average molecular weight is 240 g/mol. The van der Waals surface area contributed by atoms with Gasteiger partial charge in [-0.2, -0.15) is 5.26 Å². The molecule has 5 nitrogen and oxygen atoms in total. The molecule has 1 heterocycles. The molecule has 5 heteroatoms. The summed E-state index contributed by atoms with van der Waals surface area (Å²) in [6.45, 7) is 0.501. The van der Waals surface area contributed by atoms with E-state index in [2.05, 4.69) is 15.3 Å². The first-order valence-corrected chi connectivity index (χ1v) is 5.40. The van der Waals surface area contributed by atoms with Crippen LogP contribution in [0.15, 0.2) is 36.5 Å². The van der Waals surface area contributed by atoms with Crippen LogP contribution in [0.5, 0.6) is 0 Å². The highest BCUT2D eigenvalue weighted by Crippen LogP contribution is 2.19. The normalized spacial score (nSPS) is 9.78. The number of rotatable bonds is 4. The van der Waals surface area contributed by atoms with Gasteiger partial charge in [0.05, 0.1) is 6.61 Å². The van der Waals surface area contributed by atoms with Crippen molar-refractivity contribution in [1.29, 1.82) is 5.26 Å². The van der Waals surface area contributed by atoms with Crippen LogP contribution in [-0.2, 0) is 11.3 Å². The molecule has 0 amide bonds. The van der Waals surface area contributed by atoms with E-state index >= 15 is 0 Å². The Hall–Kier alpha value is -2.45. The standard InChI is InChI=1S/C13H12N4O/c1-18-9-10-4-2-3-5-12(10)17-13-15-7-6-11(8-14)16-13/h2-7H,9H2,1H3,(H,15,16,17). The third-order valence-corrected chi connectivity index (χ3v) is 2.33. The maximum Gasteiger partial charge on any atom is 0.228 e. The summed E-state index contributed by atoms with van der Waals surface area (Å²) in [5.41, 5.74) is 2.21. The SMILES string of the molecule is COCc1ccccc1Nc1nccc(C#N)n1. The summed E-state index contributed by atoms with van der Waals surface area (Å²) in [4.78, 5) is 8.13. The highest BCUT2D eigenvalue weighted by molar-refractivity contribution is 5.58. The molecule has 2 rings (SSSR count). The lowest BCUT2D eigenvalue weighted by Gasteiger charge is -2.09. The Balaban J connectivity index is 2.25. The summed E-state index contributed by atoms with van der Waals surface area (Å²) < 4.78 is 5.12. The van der Waals surface area contributed by atoms with Gasteiger partial charge in [0.15, 0.2) is 0 Å².